The zero-order valence-corrected chi connectivity index (χ0v) is 14.7. The number of carbonyl (C=O) groups excluding carboxylic acids is 1. The quantitative estimate of drug-likeness (QED) is 0.363. The van der Waals surface area contributed by atoms with Crippen molar-refractivity contribution in [3.63, 3.8) is 0 Å². The molecule has 0 aromatic carbocycles. The Morgan fingerprint density at radius 2 is 1.92 bits per heavy atom. The largest absolute Gasteiger partial charge is 0.481 e. The number of carboxylic acids is 1. The van der Waals surface area contributed by atoms with Gasteiger partial charge in [-0.1, -0.05) is 19.4 Å². The Labute approximate surface area is 145 Å². The maximum absolute atomic E-state index is 11.7. The molecule has 24 heavy (non-hydrogen) atoms. The molecule has 0 heterocycles. The van der Waals surface area contributed by atoms with Crippen LogP contribution in [0.1, 0.15) is 71.1 Å². The van der Waals surface area contributed by atoms with Crippen LogP contribution in [0, 0.1) is 23.7 Å². The number of aliphatic carboxylic acids is 1. The van der Waals surface area contributed by atoms with Gasteiger partial charge in [0.1, 0.15) is 0 Å². The highest BCUT2D eigenvalue weighted by atomic mass is 16.4. The molecule has 1 saturated carbocycles. The normalized spacial score (nSPS) is 23.2. The summed E-state index contributed by atoms with van der Waals surface area (Å²) in [6, 6.07) is 0. The molecule has 4 nitrogen and oxygen atoms in total. The molecule has 1 aliphatic rings. The first-order valence-electron chi connectivity index (χ1n) is 9.11. The summed E-state index contributed by atoms with van der Waals surface area (Å²) in [6.45, 7) is 2.07. The van der Waals surface area contributed by atoms with Crippen molar-refractivity contribution >= 4 is 11.8 Å². The van der Waals surface area contributed by atoms with E-state index >= 15 is 0 Å². The Balaban J connectivity index is 2.37. The number of aliphatic hydroxyl groups excluding tert-OH is 1. The Kier molecular flexibility index (Phi) is 10.1. The van der Waals surface area contributed by atoms with E-state index in [2.05, 4.69) is 18.8 Å². The molecule has 2 N–H and O–H groups in total. The molecular weight excluding hydrogens is 304 g/mol. The number of aliphatic hydroxyl groups is 1. The van der Waals surface area contributed by atoms with Gasteiger partial charge in [0.05, 0.1) is 6.10 Å². The van der Waals surface area contributed by atoms with Crippen molar-refractivity contribution in [3.8, 4) is 11.8 Å². The highest BCUT2D eigenvalue weighted by molar-refractivity contribution is 5.89. The highest BCUT2D eigenvalue weighted by Crippen LogP contribution is 2.35. The maximum atomic E-state index is 11.7. The van der Waals surface area contributed by atoms with Crippen molar-refractivity contribution in [3.05, 3.63) is 12.2 Å². The number of carbonyl (C=O) groups is 2. The Morgan fingerprint density at radius 3 is 2.62 bits per heavy atom. The molecule has 1 fully saturated rings. The third-order valence-electron chi connectivity index (χ3n) is 4.55. The number of hydrogen-bond donors (Lipinski definition) is 2. The van der Waals surface area contributed by atoms with E-state index < -0.39 is 5.97 Å². The number of allylic oxidation sites excluding steroid dienone is 2. The average Bonchev–Trinajstić information content (AvgIpc) is 2.90. The molecule has 0 aromatic rings. The van der Waals surface area contributed by atoms with Gasteiger partial charge in [-0.2, -0.15) is 0 Å². The van der Waals surface area contributed by atoms with E-state index in [1.165, 1.54) is 0 Å². The highest BCUT2D eigenvalue weighted by Gasteiger charge is 2.32. The molecule has 0 radical (unpaired) electrons. The molecule has 0 saturated heterocycles. The van der Waals surface area contributed by atoms with E-state index in [0.29, 0.717) is 25.7 Å². The van der Waals surface area contributed by atoms with Crippen LogP contribution < -0.4 is 0 Å². The first-order valence-corrected chi connectivity index (χ1v) is 9.11. The lowest BCUT2D eigenvalue weighted by molar-refractivity contribution is -0.137. The van der Waals surface area contributed by atoms with Gasteiger partial charge in [-0.25, -0.2) is 0 Å². The van der Waals surface area contributed by atoms with Crippen LogP contribution in [0.5, 0.6) is 0 Å². The Hall–Kier alpha value is -1.60. The van der Waals surface area contributed by atoms with Gasteiger partial charge in [-0.3, -0.25) is 9.59 Å². The Bertz CT molecular complexity index is 484. The zero-order valence-electron chi connectivity index (χ0n) is 14.7. The predicted molar refractivity (Wildman–Crippen MR) is 94.4 cm³/mol. The minimum absolute atomic E-state index is 0.103. The van der Waals surface area contributed by atoms with Crippen LogP contribution in [0.15, 0.2) is 12.2 Å². The van der Waals surface area contributed by atoms with Crippen molar-refractivity contribution in [1.29, 1.82) is 0 Å². The van der Waals surface area contributed by atoms with Crippen molar-refractivity contribution in [2.45, 2.75) is 77.2 Å². The van der Waals surface area contributed by atoms with E-state index in [4.69, 9.17) is 5.11 Å². The second kappa shape index (κ2) is 11.9. The standard InChI is InChI=1S/C20H30O4/c1-2-3-9-17(21)14-12-16-13-15-19(22)18(16)10-7-5-4-6-8-11-20(23)24/h12,14,16,18-19,22H,2-4,6,8-11,13,15H2,1H3,(H,23,24). The van der Waals surface area contributed by atoms with Crippen molar-refractivity contribution < 1.29 is 19.8 Å². The monoisotopic (exact) mass is 334 g/mol. The Morgan fingerprint density at radius 1 is 1.12 bits per heavy atom. The van der Waals surface area contributed by atoms with Crippen molar-refractivity contribution in [2.24, 2.45) is 11.8 Å². The van der Waals surface area contributed by atoms with E-state index in [1.54, 1.807) is 6.08 Å². The van der Waals surface area contributed by atoms with Gasteiger partial charge in [0.2, 0.25) is 0 Å². The van der Waals surface area contributed by atoms with Crippen molar-refractivity contribution in [2.75, 3.05) is 0 Å². The maximum Gasteiger partial charge on any atom is 0.303 e. The molecule has 1 rings (SSSR count). The smallest absolute Gasteiger partial charge is 0.303 e. The summed E-state index contributed by atoms with van der Waals surface area (Å²) < 4.78 is 0. The fourth-order valence-electron chi connectivity index (χ4n) is 3.04. The van der Waals surface area contributed by atoms with E-state index in [1.807, 2.05) is 6.08 Å². The summed E-state index contributed by atoms with van der Waals surface area (Å²) in [7, 11) is 0. The lowest BCUT2D eigenvalue weighted by Crippen LogP contribution is -2.17. The molecule has 0 bridgehead atoms. The molecule has 3 atom stereocenters. The molecule has 0 amide bonds. The van der Waals surface area contributed by atoms with Crippen LogP contribution in [0.4, 0.5) is 0 Å². The summed E-state index contributed by atoms with van der Waals surface area (Å²) >= 11 is 0. The summed E-state index contributed by atoms with van der Waals surface area (Å²) in [4.78, 5) is 22.1. The van der Waals surface area contributed by atoms with E-state index in [9.17, 15) is 14.7 Å². The zero-order chi connectivity index (χ0) is 17.8. The van der Waals surface area contributed by atoms with Gasteiger partial charge in [0.25, 0.3) is 0 Å². The predicted octanol–water partition coefficient (Wildman–Crippen LogP) is 3.73. The second-order valence-electron chi connectivity index (χ2n) is 6.56. The summed E-state index contributed by atoms with van der Waals surface area (Å²) in [5, 5.41) is 18.7. The number of carboxylic acid groups (broad SMARTS) is 1. The molecule has 0 aliphatic heterocycles. The lowest BCUT2D eigenvalue weighted by atomic mass is 9.91. The van der Waals surface area contributed by atoms with Crippen LogP contribution in [-0.2, 0) is 9.59 Å². The fourth-order valence-corrected chi connectivity index (χ4v) is 3.04. The van der Waals surface area contributed by atoms with Crippen LogP contribution >= 0.6 is 0 Å². The molecule has 134 valence electrons. The van der Waals surface area contributed by atoms with Crippen LogP contribution in [0.3, 0.4) is 0 Å². The van der Waals surface area contributed by atoms with Gasteiger partial charge >= 0.3 is 5.97 Å². The number of rotatable bonds is 10. The third-order valence-corrected chi connectivity index (χ3v) is 4.55. The van der Waals surface area contributed by atoms with E-state index in [0.717, 1.165) is 32.1 Å². The minimum Gasteiger partial charge on any atom is -0.481 e. The second-order valence-corrected chi connectivity index (χ2v) is 6.56. The van der Waals surface area contributed by atoms with Gasteiger partial charge < -0.3 is 10.2 Å². The lowest BCUT2D eigenvalue weighted by Gasteiger charge is -2.16. The average molecular weight is 334 g/mol. The summed E-state index contributed by atoms with van der Waals surface area (Å²) in [5.41, 5.74) is 0. The van der Waals surface area contributed by atoms with Crippen LogP contribution in [0.2, 0.25) is 0 Å². The molecule has 0 spiro atoms. The number of hydrogen-bond acceptors (Lipinski definition) is 3. The molecule has 0 aromatic heterocycles. The fraction of sp³-hybridized carbons (Fsp3) is 0.700. The van der Waals surface area contributed by atoms with Gasteiger partial charge in [-0.05, 0) is 44.1 Å². The molecule has 3 unspecified atom stereocenters. The van der Waals surface area contributed by atoms with Crippen LogP contribution in [0.25, 0.3) is 0 Å². The van der Waals surface area contributed by atoms with Crippen LogP contribution in [-0.4, -0.2) is 28.1 Å². The first-order chi connectivity index (χ1) is 11.5. The van der Waals surface area contributed by atoms with Gasteiger partial charge in [0, 0.05) is 31.6 Å². The third kappa shape index (κ3) is 8.31. The SMILES string of the molecule is CCCCC(=O)C=CC1CCC(O)C1CC#CCCCCC(=O)O. The molecule has 4 heteroatoms. The van der Waals surface area contributed by atoms with E-state index in [-0.39, 0.29) is 30.1 Å². The number of ketones is 1. The minimum atomic E-state index is -0.764. The summed E-state index contributed by atoms with van der Waals surface area (Å²) in [5.74, 6) is 5.93. The van der Waals surface area contributed by atoms with Crippen molar-refractivity contribution in [1.82, 2.24) is 0 Å². The first kappa shape index (κ1) is 20.4. The topological polar surface area (TPSA) is 74.6 Å². The number of unbranched alkanes of at least 4 members (excludes halogenated alkanes) is 3. The van der Waals surface area contributed by atoms with Gasteiger partial charge in [-0.15, -0.1) is 11.8 Å². The van der Waals surface area contributed by atoms with Gasteiger partial charge in [0.15, 0.2) is 5.78 Å². The molecular formula is C20H30O4. The molecule has 1 aliphatic carbocycles. The summed E-state index contributed by atoms with van der Waals surface area (Å²) in [6.07, 6.45) is 10.5.